The van der Waals surface area contributed by atoms with Crippen molar-refractivity contribution in [2.45, 2.75) is 84.5 Å². The van der Waals surface area contributed by atoms with E-state index in [1.54, 1.807) is 12.1 Å². The van der Waals surface area contributed by atoms with Crippen molar-refractivity contribution >= 4 is 0 Å². The normalized spacial score (nSPS) is 12.8. The van der Waals surface area contributed by atoms with E-state index in [-0.39, 0.29) is 11.5 Å². The minimum atomic E-state index is -1.23. The second-order valence-corrected chi connectivity index (χ2v) is 8.38. The van der Waals surface area contributed by atoms with E-state index in [1.807, 2.05) is 32.9 Å². The zero-order chi connectivity index (χ0) is 25.0. The molecular formula is C28H39F3O3. The number of hydrogen-bond donors (Lipinski definition) is 0. The average Bonchev–Trinajstić information content (AvgIpc) is 2.82. The number of rotatable bonds is 16. The Labute approximate surface area is 202 Å². The molecule has 0 heterocycles. The molecule has 0 spiro atoms. The average molecular weight is 481 g/mol. The van der Waals surface area contributed by atoms with Crippen LogP contribution >= 0.6 is 0 Å². The van der Waals surface area contributed by atoms with Gasteiger partial charge in [-0.1, -0.05) is 69.7 Å². The van der Waals surface area contributed by atoms with Crippen molar-refractivity contribution in [3.63, 3.8) is 0 Å². The molecule has 0 amide bonds. The van der Waals surface area contributed by atoms with E-state index in [1.165, 1.54) is 25.7 Å². The molecule has 0 aliphatic heterocycles. The van der Waals surface area contributed by atoms with Crippen LogP contribution in [0.15, 0.2) is 36.4 Å². The Balaban J connectivity index is 2.35. The molecule has 2 rings (SSSR count). The number of benzene rings is 2. The molecule has 0 N–H and O–H groups in total. The second kappa shape index (κ2) is 14.5. The van der Waals surface area contributed by atoms with Gasteiger partial charge in [-0.05, 0) is 44.4 Å². The summed E-state index contributed by atoms with van der Waals surface area (Å²) in [6, 6.07) is 8.62. The van der Waals surface area contributed by atoms with E-state index in [4.69, 9.17) is 14.2 Å². The molecule has 0 radical (unpaired) electrons. The van der Waals surface area contributed by atoms with Crippen LogP contribution in [0, 0.1) is 17.5 Å². The van der Waals surface area contributed by atoms with E-state index >= 15 is 0 Å². The Hall–Kier alpha value is -1.89. The molecule has 2 aromatic rings. The van der Waals surface area contributed by atoms with Gasteiger partial charge in [-0.3, -0.25) is 0 Å². The summed E-state index contributed by atoms with van der Waals surface area (Å²) in [7, 11) is 0. The van der Waals surface area contributed by atoms with Crippen LogP contribution in [0.3, 0.4) is 0 Å². The van der Waals surface area contributed by atoms with Gasteiger partial charge in [-0.2, -0.15) is 0 Å². The van der Waals surface area contributed by atoms with Crippen molar-refractivity contribution in [1.82, 2.24) is 0 Å². The summed E-state index contributed by atoms with van der Waals surface area (Å²) in [4.78, 5) is 0. The molecule has 2 aromatic carbocycles. The van der Waals surface area contributed by atoms with Gasteiger partial charge in [-0.15, -0.1) is 0 Å². The van der Waals surface area contributed by atoms with Crippen LogP contribution in [-0.4, -0.2) is 25.8 Å². The molecule has 0 saturated carbocycles. The predicted octanol–water partition coefficient (Wildman–Crippen LogP) is 8.37. The summed E-state index contributed by atoms with van der Waals surface area (Å²) in [5.74, 6) is -4.52. The van der Waals surface area contributed by atoms with Gasteiger partial charge in [0.1, 0.15) is 5.82 Å². The largest absolute Gasteiger partial charge is 0.327 e. The molecule has 190 valence electrons. The van der Waals surface area contributed by atoms with Gasteiger partial charge in [0, 0.05) is 31.5 Å². The van der Waals surface area contributed by atoms with Gasteiger partial charge in [0.25, 0.3) is 5.97 Å². The zero-order valence-electron chi connectivity index (χ0n) is 21.0. The topological polar surface area (TPSA) is 27.7 Å². The molecule has 6 heteroatoms. The monoisotopic (exact) mass is 480 g/mol. The van der Waals surface area contributed by atoms with Gasteiger partial charge in [0.2, 0.25) is 0 Å². The van der Waals surface area contributed by atoms with Gasteiger partial charge in [-0.25, -0.2) is 13.2 Å². The lowest BCUT2D eigenvalue weighted by Gasteiger charge is -2.39. The van der Waals surface area contributed by atoms with E-state index in [0.29, 0.717) is 31.5 Å². The van der Waals surface area contributed by atoms with Crippen molar-refractivity contribution in [2.75, 3.05) is 19.8 Å². The summed E-state index contributed by atoms with van der Waals surface area (Å²) >= 11 is 0. The molecule has 0 aliphatic rings. The molecule has 0 aliphatic carbocycles. The highest BCUT2D eigenvalue weighted by Crippen LogP contribution is 2.39. The van der Waals surface area contributed by atoms with Crippen LogP contribution in [0.25, 0.3) is 11.1 Å². The third-order valence-corrected chi connectivity index (χ3v) is 5.94. The summed E-state index contributed by atoms with van der Waals surface area (Å²) in [5, 5.41) is 0. The van der Waals surface area contributed by atoms with Gasteiger partial charge < -0.3 is 14.2 Å². The molecule has 0 bridgehead atoms. The molecule has 1 atom stereocenters. The summed E-state index contributed by atoms with van der Waals surface area (Å²) in [5.41, 5.74) is 1.41. The second-order valence-electron chi connectivity index (χ2n) is 8.38. The fourth-order valence-electron chi connectivity index (χ4n) is 4.35. The van der Waals surface area contributed by atoms with Crippen molar-refractivity contribution < 1.29 is 27.4 Å². The third kappa shape index (κ3) is 7.56. The molecule has 34 heavy (non-hydrogen) atoms. The third-order valence-electron chi connectivity index (χ3n) is 5.94. The molecule has 3 nitrogen and oxygen atoms in total. The van der Waals surface area contributed by atoms with Crippen molar-refractivity contribution in [3.05, 3.63) is 59.4 Å². The first-order chi connectivity index (χ1) is 16.4. The van der Waals surface area contributed by atoms with Crippen molar-refractivity contribution in [2.24, 2.45) is 0 Å². The first-order valence-electron chi connectivity index (χ1n) is 12.6. The highest BCUT2D eigenvalue weighted by molar-refractivity contribution is 5.64. The summed E-state index contributed by atoms with van der Waals surface area (Å²) < 4.78 is 59.6. The number of unbranched alkanes of at least 4 members (excludes halogenated alkanes) is 5. The van der Waals surface area contributed by atoms with E-state index in [9.17, 15) is 13.2 Å². The van der Waals surface area contributed by atoms with Crippen LogP contribution in [-0.2, 0) is 14.2 Å². The molecule has 0 fully saturated rings. The van der Waals surface area contributed by atoms with Gasteiger partial charge in [0.15, 0.2) is 11.6 Å². The highest BCUT2D eigenvalue weighted by atomic mass is 19.2. The highest BCUT2D eigenvalue weighted by Gasteiger charge is 2.42. The Morgan fingerprint density at radius 2 is 1.21 bits per heavy atom. The smallest absolute Gasteiger partial charge is 0.290 e. The van der Waals surface area contributed by atoms with Gasteiger partial charge >= 0.3 is 0 Å². The van der Waals surface area contributed by atoms with Gasteiger partial charge in [0.05, 0.1) is 5.92 Å². The molecular weight excluding hydrogens is 441 g/mol. The van der Waals surface area contributed by atoms with Crippen molar-refractivity contribution in [3.8, 4) is 11.1 Å². The maximum absolute atomic E-state index is 14.3. The van der Waals surface area contributed by atoms with Crippen LogP contribution in [0.5, 0.6) is 0 Å². The maximum Gasteiger partial charge on any atom is 0.290 e. The number of halogens is 3. The Morgan fingerprint density at radius 3 is 1.76 bits per heavy atom. The molecule has 0 aromatic heterocycles. The number of hydrogen-bond acceptors (Lipinski definition) is 3. The maximum atomic E-state index is 14.3. The minimum absolute atomic E-state index is 0.0172. The first kappa shape index (κ1) is 28.3. The van der Waals surface area contributed by atoms with Crippen molar-refractivity contribution in [1.29, 1.82) is 0 Å². The fourth-order valence-corrected chi connectivity index (χ4v) is 4.35. The van der Waals surface area contributed by atoms with E-state index < -0.39 is 23.4 Å². The summed E-state index contributed by atoms with van der Waals surface area (Å²) in [6.45, 7) is 9.19. The zero-order valence-corrected chi connectivity index (χ0v) is 21.0. The first-order valence-corrected chi connectivity index (χ1v) is 12.6. The van der Waals surface area contributed by atoms with Crippen LogP contribution in [0.1, 0.15) is 84.1 Å². The number of ether oxygens (including phenoxy) is 3. The quantitative estimate of drug-likeness (QED) is 0.137. The standard InChI is InChI=1S/C28H39F3O3/c1-5-9-10-11-12-13-14-24(28(32-6-2,33-7-3)34-8-4)22-17-15-21(16-18-22)23-19-26(30)27(31)20-25(23)29/h15-20,24H,5-14H2,1-4H3. The lowest BCUT2D eigenvalue weighted by atomic mass is 9.89. The summed E-state index contributed by atoms with van der Waals surface area (Å²) in [6.07, 6.45) is 7.74. The SMILES string of the molecule is CCCCCCCCC(c1ccc(-c2cc(F)c(F)cc2F)cc1)C(OCC)(OCC)OCC. The molecule has 0 saturated heterocycles. The predicted molar refractivity (Wildman–Crippen MR) is 130 cm³/mol. The Morgan fingerprint density at radius 1 is 0.676 bits per heavy atom. The Bertz CT molecular complexity index is 838. The van der Waals surface area contributed by atoms with E-state index in [0.717, 1.165) is 30.9 Å². The lowest BCUT2D eigenvalue weighted by molar-refractivity contribution is -0.389. The van der Waals surface area contributed by atoms with Crippen LogP contribution in [0.2, 0.25) is 0 Å². The lowest BCUT2D eigenvalue weighted by Crippen LogP contribution is -2.45. The van der Waals surface area contributed by atoms with E-state index in [2.05, 4.69) is 6.92 Å². The van der Waals surface area contributed by atoms with Crippen LogP contribution in [0.4, 0.5) is 13.2 Å². The Kier molecular flexibility index (Phi) is 12.1. The minimum Gasteiger partial charge on any atom is -0.327 e. The fraction of sp³-hybridized carbons (Fsp3) is 0.571. The van der Waals surface area contributed by atoms with Crippen LogP contribution < -0.4 is 0 Å². The molecule has 1 unspecified atom stereocenters.